The van der Waals surface area contributed by atoms with E-state index in [2.05, 4.69) is 0 Å². The van der Waals surface area contributed by atoms with Crippen molar-refractivity contribution in [3.05, 3.63) is 11.5 Å². The highest BCUT2D eigenvalue weighted by atomic mass is 16.6. The van der Waals surface area contributed by atoms with E-state index in [1.807, 2.05) is 0 Å². The van der Waals surface area contributed by atoms with Gasteiger partial charge in [0.25, 0.3) is 0 Å². The number of carbonyl (C=O) groups excluding carboxylic acids is 2. The van der Waals surface area contributed by atoms with Crippen LogP contribution in [0.5, 0.6) is 0 Å². The Bertz CT molecular complexity index is 623. The Balaban J connectivity index is 2.24. The highest BCUT2D eigenvalue weighted by molar-refractivity contribution is 6.00. The summed E-state index contributed by atoms with van der Waals surface area (Å²) in [6, 6.07) is 0. The molecule has 0 aromatic rings. The molecular formula is C16H23NO7. The maximum absolute atomic E-state index is 12.3. The summed E-state index contributed by atoms with van der Waals surface area (Å²) in [5.41, 5.74) is -1.71. The first-order valence-corrected chi connectivity index (χ1v) is 7.64. The zero-order valence-corrected chi connectivity index (χ0v) is 14.6. The summed E-state index contributed by atoms with van der Waals surface area (Å²) >= 11 is 0. The average molecular weight is 341 g/mol. The number of amides is 1. The third-order valence-corrected chi connectivity index (χ3v) is 3.65. The molecule has 8 heteroatoms. The normalized spacial score (nSPS) is 25.0. The Morgan fingerprint density at radius 1 is 1.21 bits per heavy atom. The maximum Gasteiger partial charge on any atom is 0.356 e. The number of aliphatic hydroxyl groups is 1. The van der Waals surface area contributed by atoms with Crippen LogP contribution in [0.4, 0.5) is 0 Å². The lowest BCUT2D eigenvalue weighted by molar-refractivity contribution is -0.197. The van der Waals surface area contributed by atoms with E-state index in [4.69, 9.17) is 9.47 Å². The molecule has 8 nitrogen and oxygen atoms in total. The molecule has 0 radical (unpaired) electrons. The number of aliphatic hydroxyl groups excluding tert-OH is 1. The molecule has 1 fully saturated rings. The lowest BCUT2D eigenvalue weighted by Crippen LogP contribution is -2.64. The molecule has 0 unspecified atom stereocenters. The standard InChI is InChI=1S/C16H23NO7/c1-15(2,3)10-8(13(20)21)17-11(19)7(12(17)23-10)9(18)14(22)24-16(4,5)6/h7,9,12,18H,1-6H3,(H,20,21)/t7-,9+,12+/m0/s1. The number of hydrogen-bond acceptors (Lipinski definition) is 6. The Morgan fingerprint density at radius 3 is 2.17 bits per heavy atom. The number of ether oxygens (including phenoxy) is 2. The predicted octanol–water partition coefficient (Wildman–Crippen LogP) is 0.846. The molecule has 2 N–H and O–H groups in total. The van der Waals surface area contributed by atoms with Crippen molar-refractivity contribution in [3.63, 3.8) is 0 Å². The molecule has 0 aromatic heterocycles. The van der Waals surface area contributed by atoms with E-state index in [0.29, 0.717) is 0 Å². The van der Waals surface area contributed by atoms with Gasteiger partial charge < -0.3 is 19.7 Å². The highest BCUT2D eigenvalue weighted by Crippen LogP contribution is 2.46. The monoisotopic (exact) mass is 341 g/mol. The molecule has 2 rings (SSSR count). The Morgan fingerprint density at radius 2 is 1.75 bits per heavy atom. The lowest BCUT2D eigenvalue weighted by Gasteiger charge is -2.42. The van der Waals surface area contributed by atoms with Crippen molar-refractivity contribution in [1.82, 2.24) is 4.90 Å². The summed E-state index contributed by atoms with van der Waals surface area (Å²) in [5.74, 6) is -3.94. The van der Waals surface area contributed by atoms with Gasteiger partial charge >= 0.3 is 11.9 Å². The number of esters is 1. The predicted molar refractivity (Wildman–Crippen MR) is 81.2 cm³/mol. The van der Waals surface area contributed by atoms with E-state index in [1.54, 1.807) is 41.5 Å². The number of carboxylic acid groups (broad SMARTS) is 1. The van der Waals surface area contributed by atoms with Crippen LogP contribution in [0.2, 0.25) is 0 Å². The molecular weight excluding hydrogens is 318 g/mol. The van der Waals surface area contributed by atoms with Crippen LogP contribution in [0.15, 0.2) is 11.5 Å². The minimum atomic E-state index is -1.72. The van der Waals surface area contributed by atoms with Gasteiger partial charge in [-0.1, -0.05) is 20.8 Å². The summed E-state index contributed by atoms with van der Waals surface area (Å²) in [6.45, 7) is 10.2. The zero-order chi connectivity index (χ0) is 18.6. The van der Waals surface area contributed by atoms with Gasteiger partial charge in [-0.25, -0.2) is 9.59 Å². The van der Waals surface area contributed by atoms with E-state index >= 15 is 0 Å². The summed E-state index contributed by atoms with van der Waals surface area (Å²) in [7, 11) is 0. The van der Waals surface area contributed by atoms with Crippen LogP contribution in [-0.4, -0.2) is 50.9 Å². The van der Waals surface area contributed by atoms with Gasteiger partial charge in [0.05, 0.1) is 0 Å². The fourth-order valence-corrected chi connectivity index (χ4v) is 2.67. The van der Waals surface area contributed by atoms with Crippen LogP contribution in [0.3, 0.4) is 0 Å². The largest absolute Gasteiger partial charge is 0.476 e. The highest BCUT2D eigenvalue weighted by Gasteiger charge is 2.62. The smallest absolute Gasteiger partial charge is 0.356 e. The third kappa shape index (κ3) is 2.98. The van der Waals surface area contributed by atoms with Crippen LogP contribution in [-0.2, 0) is 23.9 Å². The first-order valence-electron chi connectivity index (χ1n) is 7.64. The fraction of sp³-hybridized carbons (Fsp3) is 0.688. The van der Waals surface area contributed by atoms with E-state index in [-0.39, 0.29) is 11.5 Å². The minimum Gasteiger partial charge on any atom is -0.476 e. The molecule has 2 aliphatic heterocycles. The van der Waals surface area contributed by atoms with Gasteiger partial charge in [-0.05, 0) is 20.8 Å². The minimum absolute atomic E-state index is 0.146. The molecule has 2 heterocycles. The summed E-state index contributed by atoms with van der Waals surface area (Å²) in [4.78, 5) is 36.8. The van der Waals surface area contributed by atoms with Crippen LogP contribution in [0.1, 0.15) is 41.5 Å². The second-order valence-electron chi connectivity index (χ2n) is 7.95. The number of aliphatic carboxylic acids is 1. The topological polar surface area (TPSA) is 113 Å². The number of carboxylic acids is 1. The molecule has 1 amide bonds. The summed E-state index contributed by atoms with van der Waals surface area (Å²) in [6.07, 6.45) is -2.73. The van der Waals surface area contributed by atoms with Crippen molar-refractivity contribution in [3.8, 4) is 0 Å². The van der Waals surface area contributed by atoms with Gasteiger partial charge in [-0.2, -0.15) is 0 Å². The van der Waals surface area contributed by atoms with Gasteiger partial charge in [0.15, 0.2) is 18.0 Å². The number of hydrogen-bond donors (Lipinski definition) is 2. The number of fused-ring (bicyclic) bond motifs is 1. The second-order valence-corrected chi connectivity index (χ2v) is 7.95. The van der Waals surface area contributed by atoms with E-state index in [0.717, 1.165) is 4.90 Å². The Hall–Kier alpha value is -2.09. The van der Waals surface area contributed by atoms with Crippen LogP contribution in [0, 0.1) is 11.3 Å². The number of nitrogens with zero attached hydrogens (tertiary/aromatic N) is 1. The third-order valence-electron chi connectivity index (χ3n) is 3.65. The van der Waals surface area contributed by atoms with Gasteiger partial charge in [-0.15, -0.1) is 0 Å². The lowest BCUT2D eigenvalue weighted by atomic mass is 9.89. The number of allylic oxidation sites excluding steroid dienone is 1. The number of carbonyl (C=O) groups is 3. The summed E-state index contributed by atoms with van der Waals surface area (Å²) < 4.78 is 10.7. The van der Waals surface area contributed by atoms with Gasteiger partial charge in [0.1, 0.15) is 17.3 Å². The van der Waals surface area contributed by atoms with E-state index < -0.39 is 47.1 Å². The first-order chi connectivity index (χ1) is 10.8. The van der Waals surface area contributed by atoms with Gasteiger partial charge in [0.2, 0.25) is 5.91 Å². The maximum atomic E-state index is 12.3. The van der Waals surface area contributed by atoms with Crippen molar-refractivity contribution < 1.29 is 34.1 Å². The van der Waals surface area contributed by atoms with Crippen LogP contribution in [0.25, 0.3) is 0 Å². The molecule has 3 atom stereocenters. The zero-order valence-electron chi connectivity index (χ0n) is 14.6. The second kappa shape index (κ2) is 5.47. The van der Waals surface area contributed by atoms with E-state index in [9.17, 15) is 24.6 Å². The molecule has 0 bridgehead atoms. The quantitative estimate of drug-likeness (QED) is 0.578. The van der Waals surface area contributed by atoms with Crippen LogP contribution < -0.4 is 0 Å². The SMILES string of the molecule is CC(C)(C)OC(=O)[C@H](O)[C@H]1C(=O)N2C(C(=O)O)=C(C(C)(C)C)O[C@H]12. The molecule has 0 aromatic carbocycles. The fourth-order valence-electron chi connectivity index (χ4n) is 2.67. The molecule has 2 aliphatic rings. The van der Waals surface area contributed by atoms with Gasteiger partial charge in [-0.3, -0.25) is 9.69 Å². The molecule has 0 spiro atoms. The average Bonchev–Trinajstić information content (AvgIpc) is 2.72. The first kappa shape index (κ1) is 18.3. The Kier molecular flexibility index (Phi) is 4.16. The van der Waals surface area contributed by atoms with Crippen molar-refractivity contribution in [2.24, 2.45) is 11.3 Å². The van der Waals surface area contributed by atoms with Crippen LogP contribution >= 0.6 is 0 Å². The molecule has 0 aliphatic carbocycles. The van der Waals surface area contributed by atoms with Crippen molar-refractivity contribution in [1.29, 1.82) is 0 Å². The van der Waals surface area contributed by atoms with E-state index in [1.165, 1.54) is 0 Å². The molecule has 0 saturated carbocycles. The Labute approximate surface area is 140 Å². The molecule has 24 heavy (non-hydrogen) atoms. The van der Waals surface area contributed by atoms with Crippen molar-refractivity contribution >= 4 is 17.8 Å². The molecule has 134 valence electrons. The van der Waals surface area contributed by atoms with Gasteiger partial charge in [0, 0.05) is 5.41 Å². The number of rotatable bonds is 3. The van der Waals surface area contributed by atoms with Crippen molar-refractivity contribution in [2.45, 2.75) is 59.5 Å². The summed E-state index contributed by atoms with van der Waals surface area (Å²) in [5, 5.41) is 19.6. The van der Waals surface area contributed by atoms with Crippen molar-refractivity contribution in [2.75, 3.05) is 0 Å². The molecule has 1 saturated heterocycles. The number of β-lactam (4-membered cyclic amide) rings is 1.